The van der Waals surface area contributed by atoms with E-state index in [4.69, 9.17) is 9.47 Å². The molecule has 4 rings (SSSR count). The number of esters is 1. The zero-order chi connectivity index (χ0) is 24.1. The van der Waals surface area contributed by atoms with Gasteiger partial charge in [0.1, 0.15) is 11.6 Å². The van der Waals surface area contributed by atoms with Crippen molar-refractivity contribution in [2.45, 2.75) is 52.7 Å². The van der Waals surface area contributed by atoms with Gasteiger partial charge in [0.15, 0.2) is 5.69 Å². The van der Waals surface area contributed by atoms with Crippen molar-refractivity contribution in [1.82, 2.24) is 24.2 Å². The summed E-state index contributed by atoms with van der Waals surface area (Å²) in [5.74, 6) is 1.34. The first-order valence-electron chi connectivity index (χ1n) is 11.7. The van der Waals surface area contributed by atoms with Gasteiger partial charge in [-0.2, -0.15) is 5.10 Å². The van der Waals surface area contributed by atoms with Crippen LogP contribution < -0.4 is 4.74 Å². The number of methoxy groups -OCH3 is 1. The summed E-state index contributed by atoms with van der Waals surface area (Å²) >= 11 is 0. The first-order valence-corrected chi connectivity index (χ1v) is 11.7. The molecular formula is C25H31N5O4. The SMILES string of the molecule is CCOC(=O)c1nn(Cc2cccc(OC)c2)c2c1CN(C(=O)CCn1ccnc1CC)CC2. The molecule has 1 amide bonds. The minimum Gasteiger partial charge on any atom is -0.497 e. The van der Waals surface area contributed by atoms with Crippen LogP contribution in [0.15, 0.2) is 36.7 Å². The molecule has 0 fully saturated rings. The largest absolute Gasteiger partial charge is 0.497 e. The predicted octanol–water partition coefficient (Wildman–Crippen LogP) is 2.85. The minimum absolute atomic E-state index is 0.0526. The van der Waals surface area contributed by atoms with E-state index in [9.17, 15) is 9.59 Å². The van der Waals surface area contributed by atoms with Gasteiger partial charge >= 0.3 is 5.97 Å². The molecule has 180 valence electrons. The number of carbonyl (C=O) groups is 2. The van der Waals surface area contributed by atoms with E-state index in [0.29, 0.717) is 44.7 Å². The molecule has 2 aromatic heterocycles. The van der Waals surface area contributed by atoms with Crippen molar-refractivity contribution in [3.8, 4) is 5.75 Å². The van der Waals surface area contributed by atoms with Gasteiger partial charge in [-0.1, -0.05) is 19.1 Å². The number of amides is 1. The maximum Gasteiger partial charge on any atom is 0.359 e. The van der Waals surface area contributed by atoms with Crippen molar-refractivity contribution < 1.29 is 19.1 Å². The number of hydrogen-bond acceptors (Lipinski definition) is 6. The third-order valence-electron chi connectivity index (χ3n) is 6.11. The van der Waals surface area contributed by atoms with Gasteiger partial charge < -0.3 is 18.9 Å². The van der Waals surface area contributed by atoms with Crippen molar-refractivity contribution in [2.24, 2.45) is 0 Å². The molecule has 3 aromatic rings. The van der Waals surface area contributed by atoms with Gasteiger partial charge in [-0.15, -0.1) is 0 Å². The van der Waals surface area contributed by atoms with Crippen LogP contribution in [-0.2, 0) is 42.0 Å². The molecule has 0 saturated heterocycles. The van der Waals surface area contributed by atoms with Crippen LogP contribution >= 0.6 is 0 Å². The molecule has 34 heavy (non-hydrogen) atoms. The van der Waals surface area contributed by atoms with E-state index in [1.807, 2.05) is 51.5 Å². The van der Waals surface area contributed by atoms with Gasteiger partial charge in [-0.3, -0.25) is 9.48 Å². The first kappa shape index (κ1) is 23.5. The van der Waals surface area contributed by atoms with Crippen molar-refractivity contribution in [1.29, 1.82) is 0 Å². The smallest absolute Gasteiger partial charge is 0.359 e. The third-order valence-corrected chi connectivity index (χ3v) is 6.11. The molecular weight excluding hydrogens is 434 g/mol. The van der Waals surface area contributed by atoms with Crippen LogP contribution in [0.25, 0.3) is 0 Å². The summed E-state index contributed by atoms with van der Waals surface area (Å²) in [4.78, 5) is 31.8. The summed E-state index contributed by atoms with van der Waals surface area (Å²) in [5.41, 5.74) is 3.06. The number of benzene rings is 1. The second-order valence-electron chi connectivity index (χ2n) is 8.21. The molecule has 1 aliphatic rings. The fourth-order valence-electron chi connectivity index (χ4n) is 4.37. The van der Waals surface area contributed by atoms with E-state index in [0.717, 1.165) is 34.8 Å². The summed E-state index contributed by atoms with van der Waals surface area (Å²) < 4.78 is 14.5. The van der Waals surface area contributed by atoms with Crippen LogP contribution in [-0.4, -0.2) is 56.4 Å². The Morgan fingerprint density at radius 2 is 2.06 bits per heavy atom. The first-order chi connectivity index (χ1) is 16.5. The van der Waals surface area contributed by atoms with E-state index in [-0.39, 0.29) is 12.5 Å². The summed E-state index contributed by atoms with van der Waals surface area (Å²) in [6, 6.07) is 7.78. The number of imidazole rings is 1. The van der Waals surface area contributed by atoms with Crippen molar-refractivity contribution in [2.75, 3.05) is 20.3 Å². The third kappa shape index (κ3) is 4.98. The summed E-state index contributed by atoms with van der Waals surface area (Å²) in [5, 5.41) is 4.62. The molecule has 9 heteroatoms. The van der Waals surface area contributed by atoms with Crippen LogP contribution in [0.4, 0.5) is 0 Å². The van der Waals surface area contributed by atoms with Crippen molar-refractivity contribution in [3.05, 3.63) is 65.0 Å². The second kappa shape index (κ2) is 10.5. The Morgan fingerprint density at radius 1 is 1.21 bits per heavy atom. The summed E-state index contributed by atoms with van der Waals surface area (Å²) in [6.07, 6.45) is 5.50. The van der Waals surface area contributed by atoms with Crippen LogP contribution in [0.2, 0.25) is 0 Å². The van der Waals surface area contributed by atoms with Crippen LogP contribution in [0.5, 0.6) is 5.75 Å². The van der Waals surface area contributed by atoms with E-state index >= 15 is 0 Å². The Bertz CT molecular complexity index is 1170. The Balaban J connectivity index is 1.54. The molecule has 0 aliphatic carbocycles. The lowest BCUT2D eigenvalue weighted by atomic mass is 10.0. The Morgan fingerprint density at radius 3 is 2.82 bits per heavy atom. The molecule has 1 aliphatic heterocycles. The maximum atomic E-state index is 13.0. The highest BCUT2D eigenvalue weighted by atomic mass is 16.5. The zero-order valence-electron chi connectivity index (χ0n) is 20.0. The van der Waals surface area contributed by atoms with Crippen LogP contribution in [0.3, 0.4) is 0 Å². The van der Waals surface area contributed by atoms with Gasteiger partial charge in [0.05, 0.1) is 20.3 Å². The fraction of sp³-hybridized carbons (Fsp3) is 0.440. The lowest BCUT2D eigenvalue weighted by Crippen LogP contribution is -2.37. The highest BCUT2D eigenvalue weighted by Gasteiger charge is 2.30. The molecule has 0 spiro atoms. The highest BCUT2D eigenvalue weighted by Crippen LogP contribution is 2.25. The van der Waals surface area contributed by atoms with Gasteiger partial charge in [0, 0.05) is 62.5 Å². The summed E-state index contributed by atoms with van der Waals surface area (Å²) in [6.45, 7) is 6.12. The maximum absolute atomic E-state index is 13.0. The number of nitrogens with zero attached hydrogens (tertiary/aromatic N) is 5. The zero-order valence-corrected chi connectivity index (χ0v) is 20.0. The normalized spacial score (nSPS) is 13.0. The van der Waals surface area contributed by atoms with Crippen molar-refractivity contribution in [3.63, 3.8) is 0 Å². The van der Waals surface area contributed by atoms with Gasteiger partial charge in [0.2, 0.25) is 5.91 Å². The second-order valence-corrected chi connectivity index (χ2v) is 8.21. The topological polar surface area (TPSA) is 91.5 Å². The number of hydrogen-bond donors (Lipinski definition) is 0. The molecule has 0 bridgehead atoms. The number of aryl methyl sites for hydroxylation is 2. The number of ether oxygens (including phenoxy) is 2. The van der Waals surface area contributed by atoms with Crippen LogP contribution in [0.1, 0.15) is 53.4 Å². The predicted molar refractivity (Wildman–Crippen MR) is 126 cm³/mol. The summed E-state index contributed by atoms with van der Waals surface area (Å²) in [7, 11) is 1.63. The van der Waals surface area contributed by atoms with Gasteiger partial charge in [-0.25, -0.2) is 9.78 Å². The van der Waals surface area contributed by atoms with E-state index in [1.165, 1.54) is 0 Å². The quantitative estimate of drug-likeness (QED) is 0.452. The fourth-order valence-corrected chi connectivity index (χ4v) is 4.37. The molecule has 0 N–H and O–H groups in total. The molecule has 0 saturated carbocycles. The Labute approximate surface area is 199 Å². The van der Waals surface area contributed by atoms with E-state index < -0.39 is 5.97 Å². The molecule has 3 heterocycles. The van der Waals surface area contributed by atoms with Crippen LogP contribution in [0, 0.1) is 0 Å². The molecule has 0 atom stereocenters. The molecule has 0 unspecified atom stereocenters. The number of rotatable bonds is 9. The number of carbonyl (C=O) groups excluding carboxylic acids is 2. The minimum atomic E-state index is -0.455. The molecule has 9 nitrogen and oxygen atoms in total. The molecule has 0 radical (unpaired) electrons. The standard InChI is InChI=1S/C25H31N5O4/c1-4-22-26-11-14-28(22)13-10-23(31)29-12-9-21-20(17-29)24(25(32)34-5-2)27-30(21)16-18-7-6-8-19(15-18)33-3/h6-8,11,14-15H,4-5,9-10,12-13,16-17H2,1-3H3. The van der Waals surface area contributed by atoms with Gasteiger partial charge in [0.25, 0.3) is 0 Å². The average molecular weight is 466 g/mol. The van der Waals surface area contributed by atoms with E-state index in [1.54, 1.807) is 20.2 Å². The number of fused-ring (bicyclic) bond motifs is 1. The van der Waals surface area contributed by atoms with Crippen molar-refractivity contribution >= 4 is 11.9 Å². The Kier molecular flexibility index (Phi) is 7.30. The molecule has 1 aromatic carbocycles. The lowest BCUT2D eigenvalue weighted by Gasteiger charge is -2.28. The Hall–Kier alpha value is -3.62. The average Bonchev–Trinajstić information content (AvgIpc) is 3.46. The number of aromatic nitrogens is 4. The monoisotopic (exact) mass is 465 g/mol. The van der Waals surface area contributed by atoms with Gasteiger partial charge in [-0.05, 0) is 24.6 Å². The van der Waals surface area contributed by atoms with E-state index in [2.05, 4.69) is 10.1 Å². The highest BCUT2D eigenvalue weighted by molar-refractivity contribution is 5.89. The lowest BCUT2D eigenvalue weighted by molar-refractivity contribution is -0.132.